The van der Waals surface area contributed by atoms with Crippen LogP contribution in [-0.2, 0) is 22.5 Å². The summed E-state index contributed by atoms with van der Waals surface area (Å²) in [4.78, 5) is 16.8. The van der Waals surface area contributed by atoms with Crippen LogP contribution in [0.2, 0.25) is 0 Å². The topological polar surface area (TPSA) is 68.2 Å². The van der Waals surface area contributed by atoms with E-state index in [2.05, 4.69) is 20.2 Å². The molecule has 2 aromatic rings. The lowest BCUT2D eigenvalue weighted by Gasteiger charge is -2.22. The number of carbonyl (C=O) groups excluding carboxylic acids is 1. The predicted molar refractivity (Wildman–Crippen MR) is 106 cm³/mol. The van der Waals surface area contributed by atoms with Gasteiger partial charge in [0.15, 0.2) is 0 Å². The van der Waals surface area contributed by atoms with Gasteiger partial charge in [-0.25, -0.2) is 4.98 Å². The molecule has 26 heavy (non-hydrogen) atoms. The fourth-order valence-electron chi connectivity index (χ4n) is 3.33. The first-order chi connectivity index (χ1) is 11.8. The average molecular weight is 399 g/mol. The van der Waals surface area contributed by atoms with Crippen LogP contribution in [0.1, 0.15) is 18.5 Å². The summed E-state index contributed by atoms with van der Waals surface area (Å²) in [5.74, 6) is 0.913. The number of benzene rings is 1. The molecule has 2 aliphatic heterocycles. The normalized spacial score (nSPS) is 18.8. The van der Waals surface area contributed by atoms with E-state index in [4.69, 9.17) is 4.74 Å². The van der Waals surface area contributed by atoms with Gasteiger partial charge < -0.3 is 19.9 Å². The average Bonchev–Trinajstić information content (AvgIpc) is 3.07. The van der Waals surface area contributed by atoms with Crippen LogP contribution in [-0.4, -0.2) is 41.3 Å². The van der Waals surface area contributed by atoms with Crippen molar-refractivity contribution in [2.75, 3.05) is 25.0 Å². The molecule has 0 spiro atoms. The molecule has 1 aromatic heterocycles. The van der Waals surface area contributed by atoms with Crippen molar-refractivity contribution in [1.29, 1.82) is 0 Å². The van der Waals surface area contributed by atoms with Crippen molar-refractivity contribution in [3.63, 3.8) is 0 Å². The van der Waals surface area contributed by atoms with Gasteiger partial charge in [0, 0.05) is 42.8 Å². The van der Waals surface area contributed by atoms with Crippen LogP contribution >= 0.6 is 24.8 Å². The number of morpholine rings is 1. The summed E-state index contributed by atoms with van der Waals surface area (Å²) in [6.07, 6.45) is 5.13. The number of ether oxygens (including phenoxy) is 1. The second-order valence-electron chi connectivity index (χ2n) is 6.31. The second-order valence-corrected chi connectivity index (χ2v) is 6.31. The number of hydrogen-bond acceptors (Lipinski definition) is 4. The third kappa shape index (κ3) is 4.38. The standard InChI is InChI=1S/C18H22N4O2.2ClH/c23-18(16-12-19-8-10-24-16)21-14-6-4-13(5-7-14)17-20-11-15-3-1-2-9-22(15)17;;/h4-7,11,16,19H,1-3,8-10,12H2,(H,21,23);2*1H. The number of aryl methyl sites for hydroxylation is 1. The highest BCUT2D eigenvalue weighted by Crippen LogP contribution is 2.25. The lowest BCUT2D eigenvalue weighted by atomic mass is 10.1. The number of nitrogens with one attached hydrogen (secondary N) is 2. The van der Waals surface area contributed by atoms with E-state index in [0.29, 0.717) is 13.2 Å². The number of nitrogens with zero attached hydrogens (tertiary/aromatic N) is 2. The van der Waals surface area contributed by atoms with Gasteiger partial charge in [-0.3, -0.25) is 4.79 Å². The summed E-state index contributed by atoms with van der Waals surface area (Å²) in [6.45, 7) is 2.97. The maximum Gasteiger partial charge on any atom is 0.254 e. The van der Waals surface area contributed by atoms with E-state index in [-0.39, 0.29) is 30.7 Å². The molecule has 1 amide bonds. The first-order valence-electron chi connectivity index (χ1n) is 8.59. The van der Waals surface area contributed by atoms with Crippen molar-refractivity contribution in [3.8, 4) is 11.4 Å². The van der Waals surface area contributed by atoms with Gasteiger partial charge in [0.25, 0.3) is 5.91 Å². The number of fused-ring (bicyclic) bond motifs is 1. The summed E-state index contributed by atoms with van der Waals surface area (Å²) < 4.78 is 7.77. The molecule has 2 N–H and O–H groups in total. The van der Waals surface area contributed by atoms with Crippen LogP contribution < -0.4 is 10.6 Å². The first-order valence-corrected chi connectivity index (χ1v) is 8.59. The molecule has 0 aliphatic carbocycles. The molecule has 6 nitrogen and oxygen atoms in total. The summed E-state index contributed by atoms with van der Waals surface area (Å²) in [5, 5.41) is 6.08. The Kier molecular flexibility index (Phi) is 7.46. The van der Waals surface area contributed by atoms with Gasteiger partial charge >= 0.3 is 0 Å². The summed E-state index contributed by atoms with van der Waals surface area (Å²) in [6, 6.07) is 7.88. The summed E-state index contributed by atoms with van der Waals surface area (Å²) in [5.41, 5.74) is 3.18. The smallest absolute Gasteiger partial charge is 0.254 e. The van der Waals surface area contributed by atoms with Crippen molar-refractivity contribution in [2.24, 2.45) is 0 Å². The van der Waals surface area contributed by atoms with Gasteiger partial charge in [-0.1, -0.05) is 0 Å². The molecule has 1 unspecified atom stereocenters. The summed E-state index contributed by atoms with van der Waals surface area (Å²) >= 11 is 0. The maximum absolute atomic E-state index is 12.2. The number of halogens is 2. The van der Waals surface area contributed by atoms with Crippen LogP contribution in [0.25, 0.3) is 11.4 Å². The zero-order valence-electron chi connectivity index (χ0n) is 14.4. The Morgan fingerprint density at radius 1 is 1.23 bits per heavy atom. The van der Waals surface area contributed by atoms with Gasteiger partial charge in [0.05, 0.1) is 6.61 Å². The van der Waals surface area contributed by atoms with Crippen molar-refractivity contribution in [1.82, 2.24) is 14.9 Å². The minimum absolute atomic E-state index is 0. The molecule has 0 radical (unpaired) electrons. The molecule has 4 rings (SSSR count). The van der Waals surface area contributed by atoms with Crippen molar-refractivity contribution in [3.05, 3.63) is 36.2 Å². The van der Waals surface area contributed by atoms with Crippen molar-refractivity contribution in [2.45, 2.75) is 31.9 Å². The molecule has 1 aromatic carbocycles. The minimum atomic E-state index is -0.419. The Morgan fingerprint density at radius 2 is 2.04 bits per heavy atom. The van der Waals surface area contributed by atoms with Crippen LogP contribution in [0.3, 0.4) is 0 Å². The molecule has 8 heteroatoms. The van der Waals surface area contributed by atoms with Crippen molar-refractivity contribution < 1.29 is 9.53 Å². The number of aromatic nitrogens is 2. The van der Waals surface area contributed by atoms with E-state index in [1.54, 1.807) is 0 Å². The highest BCUT2D eigenvalue weighted by atomic mass is 35.5. The lowest BCUT2D eigenvalue weighted by Crippen LogP contribution is -2.45. The Labute approximate surface area is 165 Å². The predicted octanol–water partition coefficient (Wildman–Crippen LogP) is 2.66. The first kappa shape index (κ1) is 20.7. The van der Waals surface area contributed by atoms with E-state index in [1.165, 1.54) is 18.5 Å². The maximum atomic E-state index is 12.2. The molecule has 1 saturated heterocycles. The number of carbonyl (C=O) groups is 1. The molecule has 1 atom stereocenters. The molecule has 3 heterocycles. The zero-order valence-corrected chi connectivity index (χ0v) is 16.1. The van der Waals surface area contributed by atoms with Crippen LogP contribution in [0.15, 0.2) is 30.5 Å². The van der Waals surface area contributed by atoms with E-state index in [1.807, 2.05) is 30.5 Å². The van der Waals surface area contributed by atoms with E-state index >= 15 is 0 Å². The van der Waals surface area contributed by atoms with Gasteiger partial charge in [-0.05, 0) is 43.5 Å². The lowest BCUT2D eigenvalue weighted by molar-refractivity contribution is -0.128. The van der Waals surface area contributed by atoms with E-state index in [9.17, 15) is 4.79 Å². The molecule has 142 valence electrons. The van der Waals surface area contributed by atoms with Crippen LogP contribution in [0.4, 0.5) is 5.69 Å². The van der Waals surface area contributed by atoms with Gasteiger partial charge in [0.2, 0.25) is 0 Å². The minimum Gasteiger partial charge on any atom is -0.366 e. The Morgan fingerprint density at radius 3 is 2.77 bits per heavy atom. The fraction of sp³-hybridized carbons (Fsp3) is 0.444. The Balaban J connectivity index is 0.00000121. The molecular weight excluding hydrogens is 375 g/mol. The van der Waals surface area contributed by atoms with Gasteiger partial charge in [-0.15, -0.1) is 24.8 Å². The number of anilines is 1. The SMILES string of the molecule is Cl.Cl.O=C(Nc1ccc(-c2ncc3n2CCCC3)cc1)C1CNCCO1. The fourth-order valence-corrected chi connectivity index (χ4v) is 3.33. The monoisotopic (exact) mass is 398 g/mol. The quantitative estimate of drug-likeness (QED) is 0.833. The Bertz CT molecular complexity index is 727. The zero-order chi connectivity index (χ0) is 16.4. The third-order valence-corrected chi connectivity index (χ3v) is 4.63. The number of rotatable bonds is 3. The summed E-state index contributed by atoms with van der Waals surface area (Å²) in [7, 11) is 0. The molecular formula is C18H24Cl2N4O2. The van der Waals surface area contributed by atoms with Crippen LogP contribution in [0.5, 0.6) is 0 Å². The second kappa shape index (κ2) is 9.37. The largest absolute Gasteiger partial charge is 0.366 e. The third-order valence-electron chi connectivity index (χ3n) is 4.63. The number of amides is 1. The van der Waals surface area contributed by atoms with Gasteiger partial charge in [0.1, 0.15) is 11.9 Å². The molecule has 0 saturated carbocycles. The van der Waals surface area contributed by atoms with E-state index < -0.39 is 6.10 Å². The van der Waals surface area contributed by atoms with Gasteiger partial charge in [-0.2, -0.15) is 0 Å². The molecule has 1 fully saturated rings. The number of imidazole rings is 1. The van der Waals surface area contributed by atoms with Crippen molar-refractivity contribution >= 4 is 36.4 Å². The molecule has 0 bridgehead atoms. The Hall–Kier alpha value is -1.60. The molecule has 2 aliphatic rings. The highest BCUT2D eigenvalue weighted by Gasteiger charge is 2.21. The van der Waals surface area contributed by atoms with E-state index in [0.717, 1.165) is 36.6 Å². The number of hydrogen-bond donors (Lipinski definition) is 2. The highest BCUT2D eigenvalue weighted by molar-refractivity contribution is 5.94. The van der Waals surface area contributed by atoms with Crippen LogP contribution in [0, 0.1) is 0 Å².